The number of carbonyl (C=O) groups is 1. The summed E-state index contributed by atoms with van der Waals surface area (Å²) in [5.41, 5.74) is -0.0622. The van der Waals surface area contributed by atoms with Crippen LogP contribution in [0.3, 0.4) is 0 Å². The number of hydrogen-bond acceptors (Lipinski definition) is 3. The second kappa shape index (κ2) is 5.17. The van der Waals surface area contributed by atoms with Crippen molar-refractivity contribution in [3.63, 3.8) is 0 Å². The molecule has 1 aromatic carbocycles. The molecule has 2 aromatic rings. The molecular formula is C13H12F2N2O2. The van der Waals surface area contributed by atoms with Gasteiger partial charge in [0, 0.05) is 0 Å². The lowest BCUT2D eigenvalue weighted by Crippen LogP contribution is -2.15. The van der Waals surface area contributed by atoms with Crippen molar-refractivity contribution in [2.45, 2.75) is 19.8 Å². The third-order valence-electron chi connectivity index (χ3n) is 2.55. The third-order valence-corrected chi connectivity index (χ3v) is 2.55. The van der Waals surface area contributed by atoms with Crippen molar-refractivity contribution in [2.75, 3.05) is 5.32 Å². The Bertz CT molecular complexity index is 588. The molecule has 0 spiro atoms. The molecule has 0 aliphatic carbocycles. The van der Waals surface area contributed by atoms with Gasteiger partial charge in [-0.05, 0) is 18.1 Å². The van der Waals surface area contributed by atoms with Gasteiger partial charge < -0.3 is 9.73 Å². The molecule has 1 aromatic heterocycles. The number of hydrogen-bond donors (Lipinski definition) is 1. The van der Waals surface area contributed by atoms with Gasteiger partial charge in [0.25, 0.3) is 5.91 Å². The van der Waals surface area contributed by atoms with Crippen LogP contribution >= 0.6 is 0 Å². The SMILES string of the molecule is CC(C)c1ncoc1C(=O)Nc1c(F)cccc1F. The Morgan fingerprint density at radius 3 is 2.53 bits per heavy atom. The minimum absolute atomic E-state index is 0.0371. The standard InChI is InChI=1S/C13H12F2N2O2/c1-7(2)10-12(19-6-16-10)13(18)17-11-8(14)4-3-5-9(11)15/h3-7H,1-2H3,(H,17,18). The van der Waals surface area contributed by atoms with E-state index in [0.29, 0.717) is 5.69 Å². The quantitative estimate of drug-likeness (QED) is 0.927. The van der Waals surface area contributed by atoms with Crippen molar-refractivity contribution < 1.29 is 18.0 Å². The highest BCUT2D eigenvalue weighted by atomic mass is 19.1. The van der Waals surface area contributed by atoms with Crippen LogP contribution in [0.15, 0.2) is 29.0 Å². The Morgan fingerprint density at radius 2 is 1.95 bits per heavy atom. The van der Waals surface area contributed by atoms with E-state index < -0.39 is 23.2 Å². The van der Waals surface area contributed by atoms with Crippen molar-refractivity contribution in [1.82, 2.24) is 4.98 Å². The van der Waals surface area contributed by atoms with E-state index in [1.807, 2.05) is 13.8 Å². The normalized spacial score (nSPS) is 10.8. The van der Waals surface area contributed by atoms with Gasteiger partial charge in [-0.25, -0.2) is 13.8 Å². The van der Waals surface area contributed by atoms with Gasteiger partial charge in [0.1, 0.15) is 17.3 Å². The maximum Gasteiger partial charge on any atom is 0.293 e. The van der Waals surface area contributed by atoms with Gasteiger partial charge in [0.2, 0.25) is 5.76 Å². The number of anilines is 1. The smallest absolute Gasteiger partial charge is 0.293 e. The summed E-state index contributed by atoms with van der Waals surface area (Å²) in [5.74, 6) is -2.51. The first kappa shape index (κ1) is 13.2. The average Bonchev–Trinajstić information content (AvgIpc) is 2.83. The van der Waals surface area contributed by atoms with Gasteiger partial charge in [-0.15, -0.1) is 0 Å². The van der Waals surface area contributed by atoms with Crippen LogP contribution in [0, 0.1) is 11.6 Å². The molecule has 19 heavy (non-hydrogen) atoms. The fourth-order valence-electron chi connectivity index (χ4n) is 1.62. The highest BCUT2D eigenvalue weighted by Crippen LogP contribution is 2.22. The number of para-hydroxylation sites is 1. The number of rotatable bonds is 3. The molecule has 4 nitrogen and oxygen atoms in total. The lowest BCUT2D eigenvalue weighted by molar-refractivity contribution is 0.0994. The number of amides is 1. The number of oxazole rings is 1. The van der Waals surface area contributed by atoms with Crippen LogP contribution in [0.25, 0.3) is 0 Å². The second-order valence-corrected chi connectivity index (χ2v) is 4.27. The second-order valence-electron chi connectivity index (χ2n) is 4.27. The van der Waals surface area contributed by atoms with Crippen LogP contribution in [0.4, 0.5) is 14.5 Å². The Hall–Kier alpha value is -2.24. The van der Waals surface area contributed by atoms with Crippen molar-refractivity contribution >= 4 is 11.6 Å². The number of carbonyl (C=O) groups excluding carboxylic acids is 1. The van der Waals surface area contributed by atoms with E-state index in [1.165, 1.54) is 6.07 Å². The predicted octanol–water partition coefficient (Wildman–Crippen LogP) is 3.33. The van der Waals surface area contributed by atoms with E-state index in [9.17, 15) is 13.6 Å². The summed E-state index contributed by atoms with van der Waals surface area (Å²) >= 11 is 0. The topological polar surface area (TPSA) is 55.1 Å². The predicted molar refractivity (Wildman–Crippen MR) is 64.9 cm³/mol. The molecule has 0 aliphatic heterocycles. The summed E-state index contributed by atoms with van der Waals surface area (Å²) in [6, 6.07) is 3.33. The minimum atomic E-state index is -0.848. The van der Waals surface area contributed by atoms with Gasteiger partial charge in [-0.3, -0.25) is 4.79 Å². The summed E-state index contributed by atoms with van der Waals surface area (Å²) in [7, 11) is 0. The van der Waals surface area contributed by atoms with Crippen molar-refractivity contribution in [1.29, 1.82) is 0 Å². The molecule has 0 atom stereocenters. The van der Waals surface area contributed by atoms with Gasteiger partial charge in [-0.1, -0.05) is 19.9 Å². The monoisotopic (exact) mass is 266 g/mol. The van der Waals surface area contributed by atoms with Gasteiger partial charge in [0.05, 0.1) is 5.69 Å². The molecule has 1 amide bonds. The van der Waals surface area contributed by atoms with Crippen LogP contribution in [-0.2, 0) is 0 Å². The van der Waals surface area contributed by atoms with Crippen molar-refractivity contribution in [3.05, 3.63) is 47.7 Å². The molecule has 0 fully saturated rings. The molecule has 0 radical (unpaired) electrons. The molecule has 0 aliphatic rings. The number of nitrogens with one attached hydrogen (secondary N) is 1. The third kappa shape index (κ3) is 2.62. The first-order chi connectivity index (χ1) is 9.00. The maximum absolute atomic E-state index is 13.4. The number of benzene rings is 1. The van der Waals surface area contributed by atoms with E-state index in [1.54, 1.807) is 0 Å². The Morgan fingerprint density at radius 1 is 1.32 bits per heavy atom. The fraction of sp³-hybridized carbons (Fsp3) is 0.231. The van der Waals surface area contributed by atoms with Gasteiger partial charge in [0.15, 0.2) is 6.39 Å². The molecule has 1 N–H and O–H groups in total. The molecule has 6 heteroatoms. The number of halogens is 2. The lowest BCUT2D eigenvalue weighted by atomic mass is 10.1. The van der Waals surface area contributed by atoms with E-state index in [2.05, 4.69) is 10.3 Å². The Labute approximate surface area is 108 Å². The zero-order valence-electron chi connectivity index (χ0n) is 10.4. The van der Waals surface area contributed by atoms with Crippen LogP contribution in [0.2, 0.25) is 0 Å². The fourth-order valence-corrected chi connectivity index (χ4v) is 1.62. The first-order valence-corrected chi connectivity index (χ1v) is 5.69. The molecule has 0 unspecified atom stereocenters. The summed E-state index contributed by atoms with van der Waals surface area (Å²) in [6.45, 7) is 3.66. The Kier molecular flexibility index (Phi) is 3.59. The molecule has 1 heterocycles. The lowest BCUT2D eigenvalue weighted by Gasteiger charge is -2.07. The molecule has 0 bridgehead atoms. The van der Waals surface area contributed by atoms with Crippen LogP contribution in [-0.4, -0.2) is 10.9 Å². The highest BCUT2D eigenvalue weighted by molar-refractivity contribution is 6.03. The van der Waals surface area contributed by atoms with E-state index in [0.717, 1.165) is 18.5 Å². The zero-order chi connectivity index (χ0) is 14.0. The molecule has 0 saturated heterocycles. The molecule has 2 rings (SSSR count). The van der Waals surface area contributed by atoms with Crippen molar-refractivity contribution in [3.8, 4) is 0 Å². The van der Waals surface area contributed by atoms with Crippen LogP contribution in [0.5, 0.6) is 0 Å². The average molecular weight is 266 g/mol. The zero-order valence-corrected chi connectivity index (χ0v) is 10.4. The maximum atomic E-state index is 13.4. The summed E-state index contributed by atoms with van der Waals surface area (Å²) < 4.78 is 31.8. The molecule has 100 valence electrons. The van der Waals surface area contributed by atoms with Gasteiger partial charge >= 0.3 is 0 Å². The molecular weight excluding hydrogens is 254 g/mol. The van der Waals surface area contributed by atoms with E-state index >= 15 is 0 Å². The highest BCUT2D eigenvalue weighted by Gasteiger charge is 2.21. The van der Waals surface area contributed by atoms with E-state index in [4.69, 9.17) is 4.42 Å². The van der Waals surface area contributed by atoms with Crippen LogP contribution in [0.1, 0.15) is 36.0 Å². The van der Waals surface area contributed by atoms with Crippen molar-refractivity contribution in [2.24, 2.45) is 0 Å². The first-order valence-electron chi connectivity index (χ1n) is 5.69. The summed E-state index contributed by atoms with van der Waals surface area (Å²) in [5, 5.41) is 2.15. The molecule has 0 saturated carbocycles. The summed E-state index contributed by atoms with van der Waals surface area (Å²) in [4.78, 5) is 15.8. The number of nitrogens with zero attached hydrogens (tertiary/aromatic N) is 1. The summed E-state index contributed by atoms with van der Waals surface area (Å²) in [6.07, 6.45) is 1.13. The Balaban J connectivity index is 2.29. The number of aromatic nitrogens is 1. The minimum Gasteiger partial charge on any atom is -0.438 e. The largest absolute Gasteiger partial charge is 0.438 e. The van der Waals surface area contributed by atoms with Gasteiger partial charge in [-0.2, -0.15) is 0 Å². The van der Waals surface area contributed by atoms with Crippen LogP contribution < -0.4 is 5.32 Å². The van der Waals surface area contributed by atoms with E-state index in [-0.39, 0.29) is 11.7 Å².